The minimum absolute atomic E-state index is 0.186. The van der Waals surface area contributed by atoms with E-state index >= 15 is 0 Å². The van der Waals surface area contributed by atoms with Crippen molar-refractivity contribution in [3.05, 3.63) is 63.9 Å². The number of hydrogen-bond acceptors (Lipinski definition) is 1. The second-order valence-corrected chi connectivity index (χ2v) is 5.51. The van der Waals surface area contributed by atoms with Gasteiger partial charge in [0.05, 0.1) is 5.69 Å². The molecule has 0 saturated heterocycles. The Morgan fingerprint density at radius 3 is 2.70 bits per heavy atom. The Labute approximate surface area is 126 Å². The summed E-state index contributed by atoms with van der Waals surface area (Å²) in [5.41, 5.74) is 2.51. The molecule has 0 aliphatic carbocycles. The second-order valence-electron chi connectivity index (χ2n) is 4.60. The molecule has 104 valence electrons. The molecule has 0 aliphatic rings. The van der Waals surface area contributed by atoms with Crippen molar-refractivity contribution in [1.82, 2.24) is 0 Å². The van der Waals surface area contributed by atoms with E-state index in [0.717, 1.165) is 11.1 Å². The van der Waals surface area contributed by atoms with Crippen molar-refractivity contribution < 1.29 is 9.18 Å². The van der Waals surface area contributed by atoms with Gasteiger partial charge in [-0.1, -0.05) is 40.2 Å². The average molecular weight is 336 g/mol. The molecule has 0 saturated carbocycles. The van der Waals surface area contributed by atoms with Gasteiger partial charge < -0.3 is 5.32 Å². The minimum Gasteiger partial charge on any atom is -0.324 e. The Hall–Kier alpha value is -1.68. The zero-order valence-electron chi connectivity index (χ0n) is 11.1. The Balaban J connectivity index is 1.94. The number of carbonyl (C=O) groups excluding carboxylic acids is 1. The van der Waals surface area contributed by atoms with Gasteiger partial charge in [-0.25, -0.2) is 4.39 Å². The molecule has 2 aromatic carbocycles. The molecular formula is C16H15BrFNO. The molecule has 0 aliphatic heterocycles. The van der Waals surface area contributed by atoms with Crippen LogP contribution in [0.25, 0.3) is 0 Å². The fourth-order valence-corrected chi connectivity index (χ4v) is 2.28. The predicted molar refractivity (Wildman–Crippen MR) is 82.2 cm³/mol. The summed E-state index contributed by atoms with van der Waals surface area (Å²) in [4.78, 5) is 11.8. The smallest absolute Gasteiger partial charge is 0.224 e. The van der Waals surface area contributed by atoms with Gasteiger partial charge in [0.2, 0.25) is 5.91 Å². The van der Waals surface area contributed by atoms with Crippen LogP contribution in [-0.2, 0) is 11.2 Å². The monoisotopic (exact) mass is 335 g/mol. The van der Waals surface area contributed by atoms with Crippen LogP contribution in [-0.4, -0.2) is 5.91 Å². The molecule has 0 aromatic heterocycles. The highest BCUT2D eigenvalue weighted by Crippen LogP contribution is 2.19. The Morgan fingerprint density at radius 1 is 1.25 bits per heavy atom. The van der Waals surface area contributed by atoms with Crippen LogP contribution in [0.5, 0.6) is 0 Å². The lowest BCUT2D eigenvalue weighted by Crippen LogP contribution is -2.13. The topological polar surface area (TPSA) is 29.1 Å². The van der Waals surface area contributed by atoms with Crippen molar-refractivity contribution in [3.63, 3.8) is 0 Å². The highest BCUT2D eigenvalue weighted by atomic mass is 79.9. The molecule has 0 radical (unpaired) electrons. The number of hydrogen-bond donors (Lipinski definition) is 1. The van der Waals surface area contributed by atoms with Crippen LogP contribution >= 0.6 is 15.9 Å². The molecule has 0 fully saturated rings. The number of amides is 1. The third-order valence-electron chi connectivity index (χ3n) is 3.09. The van der Waals surface area contributed by atoms with E-state index in [-0.39, 0.29) is 11.6 Å². The van der Waals surface area contributed by atoms with Gasteiger partial charge in [-0.2, -0.15) is 0 Å². The molecule has 0 bridgehead atoms. The largest absolute Gasteiger partial charge is 0.324 e. The molecule has 1 N–H and O–H groups in total. The van der Waals surface area contributed by atoms with E-state index in [1.807, 2.05) is 31.2 Å². The summed E-state index contributed by atoms with van der Waals surface area (Å²) in [6.45, 7) is 2.02. The van der Waals surface area contributed by atoms with Crippen LogP contribution < -0.4 is 5.32 Å². The number of halogens is 2. The fourth-order valence-electron chi connectivity index (χ4n) is 1.94. The van der Waals surface area contributed by atoms with Crippen molar-refractivity contribution in [2.45, 2.75) is 19.8 Å². The van der Waals surface area contributed by atoms with Gasteiger partial charge in [0, 0.05) is 10.9 Å². The van der Waals surface area contributed by atoms with Gasteiger partial charge in [-0.3, -0.25) is 4.79 Å². The van der Waals surface area contributed by atoms with Crippen molar-refractivity contribution in [1.29, 1.82) is 0 Å². The van der Waals surface area contributed by atoms with Crippen LogP contribution in [0.15, 0.2) is 46.9 Å². The first-order valence-electron chi connectivity index (χ1n) is 6.35. The summed E-state index contributed by atoms with van der Waals surface area (Å²) < 4.78 is 14.2. The number of carbonyl (C=O) groups is 1. The van der Waals surface area contributed by atoms with Crippen LogP contribution in [0.3, 0.4) is 0 Å². The number of aryl methyl sites for hydroxylation is 2. The van der Waals surface area contributed by atoms with E-state index in [1.54, 1.807) is 12.1 Å². The third kappa shape index (κ3) is 3.90. The Bertz CT molecular complexity index is 628. The zero-order valence-corrected chi connectivity index (χ0v) is 12.7. The van der Waals surface area contributed by atoms with E-state index < -0.39 is 5.82 Å². The standard InChI is InChI=1S/C16H15BrFNO/c1-11-4-2-3-5-12(11)6-9-16(20)19-15-8-7-13(17)10-14(15)18/h2-5,7-8,10H,6,9H2,1H3,(H,19,20). The maximum Gasteiger partial charge on any atom is 0.224 e. The van der Waals surface area contributed by atoms with Gasteiger partial charge in [-0.05, 0) is 42.7 Å². The van der Waals surface area contributed by atoms with E-state index in [4.69, 9.17) is 0 Å². The Kier molecular flexibility index (Phi) is 4.90. The first-order chi connectivity index (χ1) is 9.56. The highest BCUT2D eigenvalue weighted by molar-refractivity contribution is 9.10. The molecule has 2 nitrogen and oxygen atoms in total. The van der Waals surface area contributed by atoms with Gasteiger partial charge >= 0.3 is 0 Å². The van der Waals surface area contributed by atoms with Crippen molar-refractivity contribution in [2.75, 3.05) is 5.32 Å². The summed E-state index contributed by atoms with van der Waals surface area (Å²) in [6.07, 6.45) is 0.983. The molecular weight excluding hydrogens is 321 g/mol. The molecule has 1 amide bonds. The summed E-state index contributed by atoms with van der Waals surface area (Å²) in [7, 11) is 0. The van der Waals surface area contributed by atoms with E-state index in [2.05, 4.69) is 21.2 Å². The zero-order chi connectivity index (χ0) is 14.5. The van der Waals surface area contributed by atoms with Crippen molar-refractivity contribution in [3.8, 4) is 0 Å². The molecule has 0 heterocycles. The summed E-state index contributed by atoms with van der Waals surface area (Å²) >= 11 is 3.18. The highest BCUT2D eigenvalue weighted by Gasteiger charge is 2.08. The van der Waals surface area contributed by atoms with Gasteiger partial charge in [0.1, 0.15) is 5.82 Å². The maximum atomic E-state index is 13.6. The van der Waals surface area contributed by atoms with Crippen LogP contribution in [0.4, 0.5) is 10.1 Å². The van der Waals surface area contributed by atoms with Crippen LogP contribution in [0.2, 0.25) is 0 Å². The quantitative estimate of drug-likeness (QED) is 0.877. The third-order valence-corrected chi connectivity index (χ3v) is 3.58. The molecule has 0 unspecified atom stereocenters. The number of anilines is 1. The lowest BCUT2D eigenvalue weighted by atomic mass is 10.0. The summed E-state index contributed by atoms with van der Waals surface area (Å²) in [6, 6.07) is 12.5. The SMILES string of the molecule is Cc1ccccc1CCC(=O)Nc1ccc(Br)cc1F. The molecule has 4 heteroatoms. The first-order valence-corrected chi connectivity index (χ1v) is 7.15. The van der Waals surface area contributed by atoms with Crippen LogP contribution in [0.1, 0.15) is 17.5 Å². The van der Waals surface area contributed by atoms with Crippen LogP contribution in [0, 0.1) is 12.7 Å². The predicted octanol–water partition coefficient (Wildman–Crippen LogP) is 4.47. The van der Waals surface area contributed by atoms with E-state index in [9.17, 15) is 9.18 Å². The van der Waals surface area contributed by atoms with Gasteiger partial charge in [-0.15, -0.1) is 0 Å². The molecule has 0 atom stereocenters. The second kappa shape index (κ2) is 6.66. The fraction of sp³-hybridized carbons (Fsp3) is 0.188. The number of nitrogens with one attached hydrogen (secondary N) is 1. The number of benzene rings is 2. The van der Waals surface area contributed by atoms with Gasteiger partial charge in [0.25, 0.3) is 0 Å². The molecule has 20 heavy (non-hydrogen) atoms. The summed E-state index contributed by atoms with van der Waals surface area (Å²) in [5, 5.41) is 2.59. The normalized spacial score (nSPS) is 10.3. The van der Waals surface area contributed by atoms with Crippen molar-refractivity contribution >= 4 is 27.5 Å². The maximum absolute atomic E-state index is 13.6. The Morgan fingerprint density at radius 2 is 2.00 bits per heavy atom. The molecule has 2 rings (SSSR count). The van der Waals surface area contributed by atoms with E-state index in [0.29, 0.717) is 17.3 Å². The summed E-state index contributed by atoms with van der Waals surface area (Å²) in [5.74, 6) is -0.627. The van der Waals surface area contributed by atoms with Crippen molar-refractivity contribution in [2.24, 2.45) is 0 Å². The lowest BCUT2D eigenvalue weighted by molar-refractivity contribution is -0.116. The molecule has 2 aromatic rings. The first kappa shape index (κ1) is 14.7. The van der Waals surface area contributed by atoms with E-state index in [1.165, 1.54) is 6.07 Å². The number of rotatable bonds is 4. The average Bonchev–Trinajstić information content (AvgIpc) is 2.41. The lowest BCUT2D eigenvalue weighted by Gasteiger charge is -2.08. The van der Waals surface area contributed by atoms with Gasteiger partial charge in [0.15, 0.2) is 0 Å². The molecule has 0 spiro atoms. The minimum atomic E-state index is -0.441.